The van der Waals surface area contributed by atoms with Crippen LogP contribution in [0.25, 0.3) is 5.57 Å². The van der Waals surface area contributed by atoms with Gasteiger partial charge in [0.05, 0.1) is 0 Å². The number of hydrogen-bond acceptors (Lipinski definition) is 3. The fourth-order valence-electron chi connectivity index (χ4n) is 2.10. The van der Waals surface area contributed by atoms with Gasteiger partial charge in [0.1, 0.15) is 5.82 Å². The van der Waals surface area contributed by atoms with Gasteiger partial charge < -0.3 is 11.1 Å². The molecule has 0 saturated carbocycles. The third-order valence-electron chi connectivity index (χ3n) is 2.93. The number of rotatable bonds is 6. The maximum atomic E-state index is 11.7. The average Bonchev–Trinajstić information content (AvgIpc) is 2.39. The van der Waals surface area contributed by atoms with E-state index in [1.54, 1.807) is 18.3 Å². The summed E-state index contributed by atoms with van der Waals surface area (Å²) in [4.78, 5) is 26.8. The predicted molar refractivity (Wildman–Crippen MR) is 79.9 cm³/mol. The first-order valence-corrected chi connectivity index (χ1v) is 6.75. The lowest BCUT2D eigenvalue weighted by Crippen LogP contribution is -2.15. The van der Waals surface area contributed by atoms with Crippen LogP contribution in [0.3, 0.4) is 0 Å². The zero-order valence-electron chi connectivity index (χ0n) is 12.2. The summed E-state index contributed by atoms with van der Waals surface area (Å²) in [5.41, 5.74) is 7.77. The Bertz CT molecular complexity index is 518. The highest BCUT2D eigenvalue weighted by molar-refractivity contribution is 6.19. The van der Waals surface area contributed by atoms with Crippen molar-refractivity contribution in [3.8, 4) is 0 Å². The molecule has 5 nitrogen and oxygen atoms in total. The third kappa shape index (κ3) is 4.19. The first kappa shape index (κ1) is 15.9. The van der Waals surface area contributed by atoms with E-state index in [4.69, 9.17) is 5.73 Å². The number of carbonyl (C=O) groups excluding carboxylic acids is 2. The molecule has 0 unspecified atom stereocenters. The zero-order valence-corrected chi connectivity index (χ0v) is 12.2. The van der Waals surface area contributed by atoms with E-state index in [0.29, 0.717) is 17.0 Å². The van der Waals surface area contributed by atoms with Crippen LogP contribution in [0.15, 0.2) is 23.9 Å². The lowest BCUT2D eigenvalue weighted by molar-refractivity contribution is -0.114. The molecule has 1 heterocycles. The molecule has 0 aliphatic carbocycles. The van der Waals surface area contributed by atoms with Gasteiger partial charge in [-0.25, -0.2) is 4.98 Å². The smallest absolute Gasteiger partial charge is 0.249 e. The predicted octanol–water partition coefficient (Wildman–Crippen LogP) is 2.49. The Morgan fingerprint density at radius 1 is 1.30 bits per heavy atom. The molecule has 108 valence electrons. The van der Waals surface area contributed by atoms with E-state index >= 15 is 0 Å². The molecule has 0 spiro atoms. The number of pyridine rings is 1. The van der Waals surface area contributed by atoms with Gasteiger partial charge in [0.15, 0.2) is 0 Å². The number of nitrogens with one attached hydrogen (secondary N) is 1. The quantitative estimate of drug-likeness (QED) is 0.782. The van der Waals surface area contributed by atoms with Crippen LogP contribution in [0, 0.1) is 0 Å². The van der Waals surface area contributed by atoms with Crippen molar-refractivity contribution in [1.29, 1.82) is 0 Å². The van der Waals surface area contributed by atoms with Crippen molar-refractivity contribution >= 4 is 23.2 Å². The first-order chi connectivity index (χ1) is 9.49. The number of nitrogens with zero attached hydrogens (tertiary/aromatic N) is 1. The fourth-order valence-corrected chi connectivity index (χ4v) is 2.10. The number of amides is 2. The van der Waals surface area contributed by atoms with Crippen LogP contribution in [-0.4, -0.2) is 16.8 Å². The first-order valence-electron chi connectivity index (χ1n) is 6.75. The van der Waals surface area contributed by atoms with E-state index in [2.05, 4.69) is 17.2 Å². The molecule has 0 atom stereocenters. The highest BCUT2D eigenvalue weighted by atomic mass is 16.1. The molecule has 5 heteroatoms. The summed E-state index contributed by atoms with van der Waals surface area (Å²) >= 11 is 0. The SMILES string of the molecule is CCCC(CC)=C(C(N)=O)c1ccc(NC(C)=O)nc1. The van der Waals surface area contributed by atoms with Gasteiger partial charge in [-0.05, 0) is 25.0 Å². The number of primary amides is 1. The Labute approximate surface area is 119 Å². The van der Waals surface area contributed by atoms with E-state index in [1.807, 2.05) is 6.92 Å². The summed E-state index contributed by atoms with van der Waals surface area (Å²) in [7, 11) is 0. The van der Waals surface area contributed by atoms with E-state index in [-0.39, 0.29) is 5.91 Å². The minimum Gasteiger partial charge on any atom is -0.366 e. The Morgan fingerprint density at radius 3 is 2.40 bits per heavy atom. The normalized spacial score (nSPS) is 11.8. The number of nitrogens with two attached hydrogens (primary N) is 1. The van der Waals surface area contributed by atoms with Gasteiger partial charge in [-0.2, -0.15) is 0 Å². The van der Waals surface area contributed by atoms with Gasteiger partial charge in [0.25, 0.3) is 0 Å². The standard InChI is InChI=1S/C15H21N3O2/c1-4-6-11(5-2)14(15(16)20)12-7-8-13(17-9-12)18-10(3)19/h7-9H,4-6H2,1-3H3,(H2,16,20)(H,17,18,19). The van der Waals surface area contributed by atoms with Crippen LogP contribution in [-0.2, 0) is 9.59 Å². The van der Waals surface area contributed by atoms with Crippen molar-refractivity contribution in [3.05, 3.63) is 29.5 Å². The molecule has 0 aromatic carbocycles. The highest BCUT2D eigenvalue weighted by Gasteiger charge is 2.14. The van der Waals surface area contributed by atoms with Crippen LogP contribution >= 0.6 is 0 Å². The molecule has 20 heavy (non-hydrogen) atoms. The minimum atomic E-state index is -0.440. The number of anilines is 1. The van der Waals surface area contributed by atoms with Crippen LogP contribution < -0.4 is 11.1 Å². The lowest BCUT2D eigenvalue weighted by atomic mass is 9.95. The third-order valence-corrected chi connectivity index (χ3v) is 2.93. The minimum absolute atomic E-state index is 0.184. The maximum Gasteiger partial charge on any atom is 0.249 e. The zero-order chi connectivity index (χ0) is 15.1. The van der Waals surface area contributed by atoms with Crippen LogP contribution in [0.5, 0.6) is 0 Å². The van der Waals surface area contributed by atoms with Gasteiger partial charge in [0, 0.05) is 24.3 Å². The van der Waals surface area contributed by atoms with Gasteiger partial charge in [-0.1, -0.05) is 25.8 Å². The topological polar surface area (TPSA) is 85.1 Å². The number of hydrogen-bond donors (Lipinski definition) is 2. The molecule has 0 aliphatic rings. The van der Waals surface area contributed by atoms with Crippen LogP contribution in [0.2, 0.25) is 0 Å². The van der Waals surface area contributed by atoms with Gasteiger partial charge in [-0.15, -0.1) is 0 Å². The van der Waals surface area contributed by atoms with Crippen molar-refractivity contribution in [2.24, 2.45) is 5.73 Å². The van der Waals surface area contributed by atoms with Crippen molar-refractivity contribution < 1.29 is 9.59 Å². The Balaban J connectivity index is 3.16. The fraction of sp³-hybridized carbons (Fsp3) is 0.400. The van der Waals surface area contributed by atoms with E-state index in [1.165, 1.54) is 6.92 Å². The molecule has 2 amide bonds. The molecular weight excluding hydrogens is 254 g/mol. The summed E-state index contributed by atoms with van der Waals surface area (Å²) in [5.74, 6) is -0.167. The summed E-state index contributed by atoms with van der Waals surface area (Å²) < 4.78 is 0. The van der Waals surface area contributed by atoms with Crippen molar-refractivity contribution in [3.63, 3.8) is 0 Å². The summed E-state index contributed by atoms with van der Waals surface area (Å²) in [6.07, 6.45) is 4.13. The molecule has 1 rings (SSSR count). The molecule has 0 saturated heterocycles. The van der Waals surface area contributed by atoms with Crippen LogP contribution in [0.1, 0.15) is 45.6 Å². The van der Waals surface area contributed by atoms with E-state index in [9.17, 15) is 9.59 Å². The Morgan fingerprint density at radius 2 is 2.00 bits per heavy atom. The number of aromatic nitrogens is 1. The second-order valence-corrected chi connectivity index (χ2v) is 4.56. The molecular formula is C15H21N3O2. The molecule has 0 bridgehead atoms. The molecule has 0 aliphatic heterocycles. The van der Waals surface area contributed by atoms with Gasteiger partial charge >= 0.3 is 0 Å². The molecule has 0 radical (unpaired) electrons. The molecule has 1 aromatic rings. The number of carbonyl (C=O) groups is 2. The van der Waals surface area contributed by atoms with Crippen molar-refractivity contribution in [1.82, 2.24) is 4.98 Å². The second kappa shape index (κ2) is 7.43. The molecule has 1 aromatic heterocycles. The monoisotopic (exact) mass is 275 g/mol. The van der Waals surface area contributed by atoms with Crippen molar-refractivity contribution in [2.75, 3.05) is 5.32 Å². The Kier molecular flexibility index (Phi) is 5.90. The number of allylic oxidation sites excluding steroid dienone is 1. The molecule has 3 N–H and O–H groups in total. The summed E-state index contributed by atoms with van der Waals surface area (Å²) in [6, 6.07) is 3.42. The van der Waals surface area contributed by atoms with Crippen LogP contribution in [0.4, 0.5) is 5.82 Å². The largest absolute Gasteiger partial charge is 0.366 e. The average molecular weight is 275 g/mol. The van der Waals surface area contributed by atoms with E-state index < -0.39 is 5.91 Å². The molecule has 0 fully saturated rings. The maximum absolute atomic E-state index is 11.7. The second-order valence-electron chi connectivity index (χ2n) is 4.56. The van der Waals surface area contributed by atoms with E-state index in [0.717, 1.165) is 24.8 Å². The highest BCUT2D eigenvalue weighted by Crippen LogP contribution is 2.24. The summed E-state index contributed by atoms with van der Waals surface area (Å²) in [5, 5.41) is 2.59. The Hall–Kier alpha value is -2.17. The summed E-state index contributed by atoms with van der Waals surface area (Å²) in [6.45, 7) is 5.49. The lowest BCUT2D eigenvalue weighted by Gasteiger charge is -2.11. The van der Waals surface area contributed by atoms with Crippen molar-refractivity contribution in [2.45, 2.75) is 40.0 Å². The van der Waals surface area contributed by atoms with Gasteiger partial charge in [-0.3, -0.25) is 9.59 Å². The van der Waals surface area contributed by atoms with Gasteiger partial charge in [0.2, 0.25) is 11.8 Å².